The number of carbonyl (C=O) groups is 3. The van der Waals surface area contributed by atoms with Gasteiger partial charge in [0.2, 0.25) is 0 Å². The van der Waals surface area contributed by atoms with Crippen LogP contribution in [0.5, 0.6) is 0 Å². The summed E-state index contributed by atoms with van der Waals surface area (Å²) in [7, 11) is 0. The molecule has 0 aliphatic rings. The molecule has 8 heteroatoms. The predicted octanol–water partition coefficient (Wildman–Crippen LogP) is 0.126. The van der Waals surface area contributed by atoms with E-state index in [1.807, 2.05) is 4.90 Å². The lowest BCUT2D eigenvalue weighted by atomic mass is 10.3. The van der Waals surface area contributed by atoms with Crippen LogP contribution in [0.4, 0.5) is 0 Å². The van der Waals surface area contributed by atoms with Crippen molar-refractivity contribution >= 4 is 23.8 Å². The second-order valence-electron chi connectivity index (χ2n) is 4.81. The van der Waals surface area contributed by atoms with E-state index in [1.54, 1.807) is 5.94 Å². The van der Waals surface area contributed by atoms with Crippen molar-refractivity contribution in [1.29, 1.82) is 0 Å². The van der Waals surface area contributed by atoms with Crippen LogP contribution in [0.25, 0.3) is 0 Å². The van der Waals surface area contributed by atoms with Gasteiger partial charge in [0, 0.05) is 39.1 Å². The summed E-state index contributed by atoms with van der Waals surface area (Å²) in [5.74, 6) is 0.413. The van der Waals surface area contributed by atoms with Crippen LogP contribution in [0.3, 0.4) is 0 Å². The Hall–Kier alpha value is -2.18. The molecule has 0 rings (SSSR count). The van der Waals surface area contributed by atoms with Gasteiger partial charge in [0.15, 0.2) is 0 Å². The van der Waals surface area contributed by atoms with Crippen molar-refractivity contribution in [1.82, 2.24) is 4.90 Å². The van der Waals surface area contributed by atoms with Crippen molar-refractivity contribution in [3.8, 4) is 0 Å². The maximum Gasteiger partial charge on any atom is 0.307 e. The minimum Gasteiger partial charge on any atom is -0.465 e. The van der Waals surface area contributed by atoms with Crippen LogP contribution in [-0.4, -0.2) is 68.2 Å². The van der Waals surface area contributed by atoms with E-state index < -0.39 is 5.97 Å². The highest BCUT2D eigenvalue weighted by Crippen LogP contribution is 1.97. The molecule has 0 saturated carbocycles. The summed E-state index contributed by atoms with van der Waals surface area (Å²) in [6, 6.07) is 0. The Kier molecular flexibility index (Phi) is 11.2. The molecule has 0 atom stereocenters. The van der Waals surface area contributed by atoms with E-state index in [0.29, 0.717) is 25.2 Å². The number of ether oxygens (including phenoxy) is 3. The van der Waals surface area contributed by atoms with Crippen LogP contribution >= 0.6 is 0 Å². The fraction of sp³-hybridized carbons (Fsp3) is 0.667. The lowest BCUT2D eigenvalue weighted by Gasteiger charge is -2.21. The summed E-state index contributed by atoms with van der Waals surface area (Å²) in [5.41, 5.74) is 0.305. The molecule has 0 aromatic rings. The Morgan fingerprint density at radius 1 is 0.870 bits per heavy atom. The second kappa shape index (κ2) is 12.4. The number of rotatable bonds is 11. The van der Waals surface area contributed by atoms with Gasteiger partial charge < -0.3 is 14.2 Å². The topological polar surface area (TPSA) is 99.2 Å². The highest BCUT2D eigenvalue weighted by Gasteiger charge is 2.11. The fourth-order valence-electron chi connectivity index (χ4n) is 1.51. The monoisotopic (exact) mass is 329 g/mol. The third-order valence-electron chi connectivity index (χ3n) is 2.68. The fourth-order valence-corrected chi connectivity index (χ4v) is 1.51. The zero-order valence-corrected chi connectivity index (χ0v) is 13.8. The molecule has 0 radical (unpaired) electrons. The van der Waals surface area contributed by atoms with Gasteiger partial charge in [-0.25, -0.2) is 4.79 Å². The summed E-state index contributed by atoms with van der Waals surface area (Å²) in [6.45, 7) is 5.57. The molecule has 8 nitrogen and oxygen atoms in total. The molecule has 0 spiro atoms. The molecule has 0 fully saturated rings. The molecule has 0 aromatic carbocycles. The van der Waals surface area contributed by atoms with Crippen molar-refractivity contribution in [3.05, 3.63) is 5.57 Å². The van der Waals surface area contributed by atoms with E-state index >= 15 is 0 Å². The van der Waals surface area contributed by atoms with Gasteiger partial charge in [-0.3, -0.25) is 19.3 Å². The first-order chi connectivity index (χ1) is 10.8. The van der Waals surface area contributed by atoms with E-state index in [1.165, 1.54) is 20.8 Å². The Bertz CT molecular complexity index is 435. The molecule has 0 heterocycles. The molecule has 0 bridgehead atoms. The van der Waals surface area contributed by atoms with Gasteiger partial charge in [-0.05, 0) is 6.92 Å². The van der Waals surface area contributed by atoms with Crippen LogP contribution in [0, 0.1) is 0 Å². The molecule has 0 amide bonds. The van der Waals surface area contributed by atoms with E-state index in [4.69, 9.17) is 14.2 Å². The summed E-state index contributed by atoms with van der Waals surface area (Å²) < 4.78 is 14.6. The van der Waals surface area contributed by atoms with Crippen LogP contribution in [0.15, 0.2) is 5.57 Å². The quantitative estimate of drug-likeness (QED) is 0.299. The van der Waals surface area contributed by atoms with E-state index in [9.17, 15) is 19.2 Å². The van der Waals surface area contributed by atoms with Gasteiger partial charge in [0.25, 0.3) is 0 Å². The van der Waals surface area contributed by atoms with Crippen molar-refractivity contribution in [3.63, 3.8) is 0 Å². The molecular weight excluding hydrogens is 306 g/mol. The number of hydrogen-bond acceptors (Lipinski definition) is 8. The Morgan fingerprint density at radius 3 is 1.83 bits per heavy atom. The van der Waals surface area contributed by atoms with E-state index in [0.717, 1.165) is 0 Å². The maximum atomic E-state index is 11.6. The average Bonchev–Trinajstić information content (AvgIpc) is 2.48. The molecule has 0 N–H and O–H groups in total. The summed E-state index contributed by atoms with van der Waals surface area (Å²) in [5, 5.41) is 0. The van der Waals surface area contributed by atoms with E-state index in [2.05, 4.69) is 0 Å². The smallest absolute Gasteiger partial charge is 0.307 e. The Labute approximate surface area is 135 Å². The van der Waals surface area contributed by atoms with Crippen LogP contribution in [-0.2, 0) is 33.4 Å². The maximum absolute atomic E-state index is 11.6. The van der Waals surface area contributed by atoms with Crippen molar-refractivity contribution in [2.75, 3.05) is 39.5 Å². The number of carbonyl (C=O) groups excluding carboxylic acids is 4. The number of hydrogen-bond donors (Lipinski definition) is 0. The molecule has 0 unspecified atom stereocenters. The van der Waals surface area contributed by atoms with Gasteiger partial charge in [0.1, 0.15) is 25.8 Å². The first-order valence-corrected chi connectivity index (χ1v) is 7.20. The normalized spacial score (nSPS) is 9.91. The second-order valence-corrected chi connectivity index (χ2v) is 4.81. The van der Waals surface area contributed by atoms with Gasteiger partial charge in [-0.2, -0.15) is 0 Å². The van der Waals surface area contributed by atoms with Gasteiger partial charge >= 0.3 is 17.9 Å². The van der Waals surface area contributed by atoms with Gasteiger partial charge in [-0.1, -0.05) is 0 Å². The highest BCUT2D eigenvalue weighted by atomic mass is 16.5. The van der Waals surface area contributed by atoms with Gasteiger partial charge in [-0.15, -0.1) is 0 Å². The molecular formula is C15H23NO7. The molecule has 23 heavy (non-hydrogen) atoms. The predicted molar refractivity (Wildman–Crippen MR) is 80.2 cm³/mol. The minimum atomic E-state index is -0.454. The minimum absolute atomic E-state index is 0.0801. The van der Waals surface area contributed by atoms with Crippen LogP contribution in [0.2, 0.25) is 0 Å². The zero-order chi connectivity index (χ0) is 17.7. The Balaban J connectivity index is 4.20. The third kappa shape index (κ3) is 13.2. The lowest BCUT2D eigenvalue weighted by Crippen LogP contribution is -2.34. The molecule has 130 valence electrons. The van der Waals surface area contributed by atoms with Crippen molar-refractivity contribution < 1.29 is 33.4 Å². The van der Waals surface area contributed by atoms with Crippen molar-refractivity contribution in [2.24, 2.45) is 0 Å². The molecule has 0 aliphatic heterocycles. The number of esters is 3. The SMILES string of the molecule is CC(=O)OCCN(CCOC(C)=O)CCC(=O)OCC(C)=C=O. The highest BCUT2D eigenvalue weighted by molar-refractivity contribution is 5.70. The van der Waals surface area contributed by atoms with Crippen LogP contribution in [0.1, 0.15) is 27.2 Å². The standard InChI is InChI=1S/C15H23NO7/c1-12(10-17)11-23-15(20)4-5-16(6-8-21-13(2)18)7-9-22-14(3)19/h4-9,11H2,1-3H3. The number of nitrogens with zero attached hydrogens (tertiary/aromatic N) is 1. The van der Waals surface area contributed by atoms with Crippen LogP contribution < -0.4 is 0 Å². The zero-order valence-electron chi connectivity index (χ0n) is 13.8. The summed E-state index contributed by atoms with van der Waals surface area (Å²) >= 11 is 0. The largest absolute Gasteiger partial charge is 0.465 e. The summed E-state index contributed by atoms with van der Waals surface area (Å²) in [4.78, 5) is 45.2. The molecule has 0 saturated heterocycles. The first kappa shape index (κ1) is 20.8. The lowest BCUT2D eigenvalue weighted by molar-refractivity contribution is -0.145. The first-order valence-electron chi connectivity index (χ1n) is 7.20. The van der Waals surface area contributed by atoms with Crippen molar-refractivity contribution in [2.45, 2.75) is 27.2 Å². The summed E-state index contributed by atoms with van der Waals surface area (Å²) in [6.07, 6.45) is 0.103. The molecule has 0 aliphatic carbocycles. The Morgan fingerprint density at radius 2 is 1.39 bits per heavy atom. The molecule has 0 aromatic heterocycles. The van der Waals surface area contributed by atoms with E-state index in [-0.39, 0.29) is 38.2 Å². The third-order valence-corrected chi connectivity index (χ3v) is 2.68. The average molecular weight is 329 g/mol. The van der Waals surface area contributed by atoms with Gasteiger partial charge in [0.05, 0.1) is 6.42 Å².